The molecule has 0 radical (unpaired) electrons. The van der Waals surface area contributed by atoms with Gasteiger partial charge in [-0.3, -0.25) is 4.79 Å². The van der Waals surface area contributed by atoms with Gasteiger partial charge in [0.25, 0.3) is 0 Å². The van der Waals surface area contributed by atoms with Crippen LogP contribution in [0.3, 0.4) is 0 Å². The molecule has 1 aromatic heterocycles. The summed E-state index contributed by atoms with van der Waals surface area (Å²) in [5, 5.41) is 3.59. The molecule has 118 valence electrons. The summed E-state index contributed by atoms with van der Waals surface area (Å²) in [6, 6.07) is 9.54. The standard InChI is InChI=1S/C16H17N5O2/c1-23-13-4-5-14(20-6-2-3-7-20)15(9-13)21-11-12(8-16(21)22)10-18-19-17/h2-7,9,12H,8,10-11H2,1H3. The molecule has 7 heteroatoms. The third-order valence-electron chi connectivity index (χ3n) is 3.96. The molecular formula is C16H17N5O2. The Labute approximate surface area is 133 Å². The molecule has 1 aliphatic rings. The molecule has 1 fully saturated rings. The van der Waals surface area contributed by atoms with Gasteiger partial charge < -0.3 is 14.2 Å². The lowest BCUT2D eigenvalue weighted by atomic mass is 10.1. The Bertz CT molecular complexity index is 750. The summed E-state index contributed by atoms with van der Waals surface area (Å²) in [6.45, 7) is 0.876. The lowest BCUT2D eigenvalue weighted by molar-refractivity contribution is -0.117. The topological polar surface area (TPSA) is 83.2 Å². The molecule has 1 aromatic carbocycles. The molecule has 2 heterocycles. The van der Waals surface area contributed by atoms with Crippen molar-refractivity contribution in [3.05, 3.63) is 53.2 Å². The van der Waals surface area contributed by atoms with Gasteiger partial charge in [-0.1, -0.05) is 5.11 Å². The number of carbonyl (C=O) groups excluding carboxylic acids is 1. The zero-order valence-corrected chi connectivity index (χ0v) is 12.8. The average Bonchev–Trinajstić information content (AvgIpc) is 3.22. The highest BCUT2D eigenvalue weighted by Crippen LogP contribution is 2.33. The first-order valence-electron chi connectivity index (χ1n) is 7.35. The molecule has 0 aliphatic carbocycles. The zero-order chi connectivity index (χ0) is 16.2. The highest BCUT2D eigenvalue weighted by molar-refractivity contribution is 5.98. The van der Waals surface area contributed by atoms with Crippen LogP contribution in [0.15, 0.2) is 47.8 Å². The molecule has 1 aliphatic heterocycles. The first kappa shape index (κ1) is 15.0. The normalized spacial score (nSPS) is 17.2. The van der Waals surface area contributed by atoms with Crippen molar-refractivity contribution in [1.29, 1.82) is 0 Å². The van der Waals surface area contributed by atoms with Gasteiger partial charge >= 0.3 is 0 Å². The number of anilines is 1. The van der Waals surface area contributed by atoms with Gasteiger partial charge in [-0.15, -0.1) is 0 Å². The van der Waals surface area contributed by atoms with Crippen LogP contribution in [0.2, 0.25) is 0 Å². The van der Waals surface area contributed by atoms with E-state index in [1.165, 1.54) is 0 Å². The van der Waals surface area contributed by atoms with E-state index in [2.05, 4.69) is 10.0 Å². The van der Waals surface area contributed by atoms with Crippen LogP contribution in [-0.2, 0) is 4.79 Å². The van der Waals surface area contributed by atoms with E-state index in [-0.39, 0.29) is 11.8 Å². The van der Waals surface area contributed by atoms with Crippen molar-refractivity contribution < 1.29 is 9.53 Å². The minimum atomic E-state index is 0.0322. The molecule has 1 unspecified atom stereocenters. The lowest BCUT2D eigenvalue weighted by Crippen LogP contribution is -2.26. The Hall–Kier alpha value is -2.92. The number of azide groups is 1. The Kier molecular flexibility index (Phi) is 4.21. The Morgan fingerprint density at radius 1 is 1.35 bits per heavy atom. The molecule has 0 N–H and O–H groups in total. The average molecular weight is 311 g/mol. The highest BCUT2D eigenvalue weighted by atomic mass is 16.5. The van der Waals surface area contributed by atoms with Gasteiger partial charge in [0.2, 0.25) is 5.91 Å². The molecule has 1 atom stereocenters. The first-order valence-corrected chi connectivity index (χ1v) is 7.35. The molecule has 1 amide bonds. The van der Waals surface area contributed by atoms with E-state index < -0.39 is 0 Å². The van der Waals surface area contributed by atoms with Crippen LogP contribution < -0.4 is 9.64 Å². The largest absolute Gasteiger partial charge is 0.497 e. The summed E-state index contributed by atoms with van der Waals surface area (Å²) >= 11 is 0. The van der Waals surface area contributed by atoms with Gasteiger partial charge in [0.15, 0.2) is 0 Å². The van der Waals surface area contributed by atoms with Crippen LogP contribution >= 0.6 is 0 Å². The molecule has 0 saturated carbocycles. The summed E-state index contributed by atoms with van der Waals surface area (Å²) in [5.41, 5.74) is 10.2. The minimum Gasteiger partial charge on any atom is -0.497 e. The second kappa shape index (κ2) is 6.46. The predicted octanol–water partition coefficient (Wildman–Crippen LogP) is 3.15. The van der Waals surface area contributed by atoms with Crippen LogP contribution in [0.1, 0.15) is 6.42 Å². The molecular weight excluding hydrogens is 294 g/mol. The summed E-state index contributed by atoms with van der Waals surface area (Å²) in [6.07, 6.45) is 4.26. The monoisotopic (exact) mass is 311 g/mol. The second-order valence-corrected chi connectivity index (χ2v) is 5.43. The van der Waals surface area contributed by atoms with Gasteiger partial charge in [-0.2, -0.15) is 0 Å². The molecule has 0 spiro atoms. The van der Waals surface area contributed by atoms with Crippen molar-refractivity contribution in [2.75, 3.05) is 25.1 Å². The number of rotatable bonds is 5. The molecule has 3 rings (SSSR count). The number of amides is 1. The van der Waals surface area contributed by atoms with E-state index in [4.69, 9.17) is 10.3 Å². The van der Waals surface area contributed by atoms with Crippen molar-refractivity contribution in [1.82, 2.24) is 4.57 Å². The predicted molar refractivity (Wildman–Crippen MR) is 86.8 cm³/mol. The van der Waals surface area contributed by atoms with Crippen LogP contribution in [0.5, 0.6) is 5.75 Å². The first-order chi connectivity index (χ1) is 11.2. The quantitative estimate of drug-likeness (QED) is 0.482. The van der Waals surface area contributed by atoms with Crippen LogP contribution in [0, 0.1) is 5.92 Å². The van der Waals surface area contributed by atoms with Crippen LogP contribution in [-0.4, -0.2) is 30.7 Å². The van der Waals surface area contributed by atoms with Gasteiger partial charge in [0, 0.05) is 42.9 Å². The van der Waals surface area contributed by atoms with E-state index in [1.54, 1.807) is 12.0 Å². The van der Waals surface area contributed by atoms with E-state index in [0.29, 0.717) is 25.3 Å². The van der Waals surface area contributed by atoms with Gasteiger partial charge in [0.05, 0.1) is 18.5 Å². The maximum Gasteiger partial charge on any atom is 0.227 e. The molecule has 7 nitrogen and oxygen atoms in total. The third-order valence-corrected chi connectivity index (χ3v) is 3.96. The number of hydrogen-bond donors (Lipinski definition) is 0. The number of benzene rings is 1. The van der Waals surface area contributed by atoms with Crippen molar-refractivity contribution in [2.45, 2.75) is 6.42 Å². The summed E-state index contributed by atoms with van der Waals surface area (Å²) in [4.78, 5) is 16.9. The zero-order valence-electron chi connectivity index (χ0n) is 12.8. The van der Waals surface area contributed by atoms with Gasteiger partial charge in [0.1, 0.15) is 5.75 Å². The molecule has 0 bridgehead atoms. The summed E-state index contributed by atoms with van der Waals surface area (Å²) in [7, 11) is 1.60. The molecule has 1 saturated heterocycles. The lowest BCUT2D eigenvalue weighted by Gasteiger charge is -2.21. The van der Waals surface area contributed by atoms with Crippen LogP contribution in [0.25, 0.3) is 16.1 Å². The molecule has 2 aromatic rings. The fourth-order valence-corrected chi connectivity index (χ4v) is 2.85. The number of hydrogen-bond acceptors (Lipinski definition) is 3. The van der Waals surface area contributed by atoms with Crippen molar-refractivity contribution in [3.8, 4) is 11.4 Å². The van der Waals surface area contributed by atoms with E-state index in [0.717, 1.165) is 11.4 Å². The smallest absolute Gasteiger partial charge is 0.227 e. The number of methoxy groups -OCH3 is 1. The number of nitrogens with zero attached hydrogens (tertiary/aromatic N) is 5. The van der Waals surface area contributed by atoms with Crippen molar-refractivity contribution in [3.63, 3.8) is 0 Å². The summed E-state index contributed by atoms with van der Waals surface area (Å²) in [5.74, 6) is 0.772. The summed E-state index contributed by atoms with van der Waals surface area (Å²) < 4.78 is 7.26. The van der Waals surface area contributed by atoms with Gasteiger partial charge in [-0.25, -0.2) is 0 Å². The second-order valence-electron chi connectivity index (χ2n) is 5.43. The van der Waals surface area contributed by atoms with Crippen molar-refractivity contribution in [2.24, 2.45) is 11.0 Å². The van der Waals surface area contributed by atoms with Crippen molar-refractivity contribution >= 4 is 11.6 Å². The third kappa shape index (κ3) is 3.00. The van der Waals surface area contributed by atoms with Gasteiger partial charge in [-0.05, 0) is 35.7 Å². The van der Waals surface area contributed by atoms with Crippen LogP contribution in [0.4, 0.5) is 5.69 Å². The van der Waals surface area contributed by atoms with E-state index >= 15 is 0 Å². The maximum atomic E-state index is 12.4. The van der Waals surface area contributed by atoms with E-state index in [1.807, 2.05) is 47.3 Å². The maximum absolute atomic E-state index is 12.4. The number of aromatic nitrogens is 1. The molecule has 23 heavy (non-hydrogen) atoms. The fourth-order valence-electron chi connectivity index (χ4n) is 2.85. The Morgan fingerprint density at radius 3 is 2.83 bits per heavy atom. The Balaban J connectivity index is 1.97. The Morgan fingerprint density at radius 2 is 2.13 bits per heavy atom. The SMILES string of the molecule is COc1ccc(-n2cccc2)c(N2CC(CN=[N+]=[N-])CC2=O)c1. The number of ether oxygens (including phenoxy) is 1. The highest BCUT2D eigenvalue weighted by Gasteiger charge is 2.31. The fraction of sp³-hybridized carbons (Fsp3) is 0.312. The minimum absolute atomic E-state index is 0.0322. The number of carbonyl (C=O) groups is 1. The van der Waals surface area contributed by atoms with E-state index in [9.17, 15) is 4.79 Å².